The topological polar surface area (TPSA) is 50.4 Å². The van der Waals surface area contributed by atoms with Crippen molar-refractivity contribution in [2.45, 2.75) is 26.8 Å². The minimum Gasteiger partial charge on any atom is -0.470 e. The number of amides is 1. The van der Waals surface area contributed by atoms with Crippen LogP contribution in [0.15, 0.2) is 12.1 Å². The average molecular weight is 220 g/mol. The molecule has 16 heavy (non-hydrogen) atoms. The molecular weight excluding hydrogens is 204 g/mol. The standard InChI is InChI=1S/C12H16N2O2/c1-7(2)14-10-5-8(3)4-9-11(10)16-6-13-12(9)15/h4-5,7,14H,6H2,1-3H3,(H,13,15). The Hall–Kier alpha value is -1.71. The maximum atomic E-state index is 11.7. The summed E-state index contributed by atoms with van der Waals surface area (Å²) in [5.74, 6) is 0.583. The van der Waals surface area contributed by atoms with Crippen LogP contribution in [0.25, 0.3) is 0 Å². The molecule has 4 heteroatoms. The molecule has 0 unspecified atom stereocenters. The molecule has 0 saturated carbocycles. The van der Waals surface area contributed by atoms with E-state index >= 15 is 0 Å². The van der Waals surface area contributed by atoms with Crippen molar-refractivity contribution in [3.63, 3.8) is 0 Å². The van der Waals surface area contributed by atoms with E-state index in [9.17, 15) is 4.79 Å². The van der Waals surface area contributed by atoms with Crippen molar-refractivity contribution in [1.82, 2.24) is 5.32 Å². The Bertz CT molecular complexity index is 427. The van der Waals surface area contributed by atoms with Gasteiger partial charge < -0.3 is 15.4 Å². The first-order chi connectivity index (χ1) is 7.58. The number of ether oxygens (including phenoxy) is 1. The van der Waals surface area contributed by atoms with Crippen LogP contribution in [0, 0.1) is 6.92 Å². The van der Waals surface area contributed by atoms with Crippen LogP contribution in [0.4, 0.5) is 5.69 Å². The molecule has 2 rings (SSSR count). The molecule has 86 valence electrons. The van der Waals surface area contributed by atoms with E-state index in [1.165, 1.54) is 0 Å². The lowest BCUT2D eigenvalue weighted by Crippen LogP contribution is -2.33. The molecule has 2 N–H and O–H groups in total. The van der Waals surface area contributed by atoms with Crippen molar-refractivity contribution in [2.24, 2.45) is 0 Å². The Morgan fingerprint density at radius 2 is 2.19 bits per heavy atom. The first-order valence-electron chi connectivity index (χ1n) is 5.40. The van der Waals surface area contributed by atoms with Crippen LogP contribution in [0.5, 0.6) is 5.75 Å². The van der Waals surface area contributed by atoms with Gasteiger partial charge >= 0.3 is 0 Å². The SMILES string of the molecule is Cc1cc(NC(C)C)c2c(c1)C(=O)NCO2. The number of aryl methyl sites for hydroxylation is 1. The molecule has 0 aromatic heterocycles. The first-order valence-corrected chi connectivity index (χ1v) is 5.40. The highest BCUT2D eigenvalue weighted by Gasteiger charge is 2.21. The number of anilines is 1. The van der Waals surface area contributed by atoms with Crippen molar-refractivity contribution in [3.05, 3.63) is 23.3 Å². The van der Waals surface area contributed by atoms with Gasteiger partial charge in [-0.3, -0.25) is 4.79 Å². The van der Waals surface area contributed by atoms with E-state index in [0.717, 1.165) is 11.3 Å². The zero-order valence-corrected chi connectivity index (χ0v) is 9.76. The van der Waals surface area contributed by atoms with Crippen LogP contribution in [-0.2, 0) is 0 Å². The van der Waals surface area contributed by atoms with Gasteiger partial charge in [-0.1, -0.05) is 0 Å². The Kier molecular flexibility index (Phi) is 2.73. The molecule has 4 nitrogen and oxygen atoms in total. The fourth-order valence-electron chi connectivity index (χ4n) is 1.78. The minimum absolute atomic E-state index is 0.0724. The van der Waals surface area contributed by atoms with Gasteiger partial charge in [0.05, 0.1) is 11.3 Å². The molecule has 0 spiro atoms. The van der Waals surface area contributed by atoms with Gasteiger partial charge in [-0.2, -0.15) is 0 Å². The van der Waals surface area contributed by atoms with Crippen LogP contribution < -0.4 is 15.4 Å². The number of hydrogen-bond acceptors (Lipinski definition) is 3. The second-order valence-corrected chi connectivity index (χ2v) is 4.28. The van der Waals surface area contributed by atoms with E-state index in [1.807, 2.05) is 19.1 Å². The molecule has 0 atom stereocenters. The molecule has 1 amide bonds. The third kappa shape index (κ3) is 1.96. The van der Waals surface area contributed by atoms with Crippen LogP contribution in [-0.4, -0.2) is 18.7 Å². The summed E-state index contributed by atoms with van der Waals surface area (Å²) in [5, 5.41) is 5.95. The van der Waals surface area contributed by atoms with E-state index in [2.05, 4.69) is 24.5 Å². The summed E-state index contributed by atoms with van der Waals surface area (Å²) in [6.45, 7) is 6.31. The van der Waals surface area contributed by atoms with E-state index in [1.54, 1.807) is 0 Å². The quantitative estimate of drug-likeness (QED) is 0.800. The molecule has 1 aliphatic rings. The zero-order valence-electron chi connectivity index (χ0n) is 9.76. The van der Waals surface area contributed by atoms with Gasteiger partial charge in [-0.15, -0.1) is 0 Å². The van der Waals surface area contributed by atoms with Gasteiger partial charge in [0.25, 0.3) is 5.91 Å². The van der Waals surface area contributed by atoms with E-state index < -0.39 is 0 Å². The lowest BCUT2D eigenvalue weighted by Gasteiger charge is -2.23. The third-order valence-electron chi connectivity index (χ3n) is 2.37. The Labute approximate surface area is 95.0 Å². The highest BCUT2D eigenvalue weighted by atomic mass is 16.5. The Morgan fingerprint density at radius 3 is 2.88 bits per heavy atom. The summed E-state index contributed by atoms with van der Waals surface area (Å²) in [6, 6.07) is 4.15. The molecule has 1 aliphatic heterocycles. The summed E-state index contributed by atoms with van der Waals surface area (Å²) >= 11 is 0. The number of hydrogen-bond donors (Lipinski definition) is 2. The number of benzene rings is 1. The number of carbonyl (C=O) groups excluding carboxylic acids is 1. The number of carbonyl (C=O) groups is 1. The lowest BCUT2D eigenvalue weighted by atomic mass is 10.1. The highest BCUT2D eigenvalue weighted by Crippen LogP contribution is 2.32. The summed E-state index contributed by atoms with van der Waals surface area (Å²) in [4.78, 5) is 11.7. The van der Waals surface area contributed by atoms with Crippen LogP contribution >= 0.6 is 0 Å². The van der Waals surface area contributed by atoms with Crippen molar-refractivity contribution >= 4 is 11.6 Å². The maximum Gasteiger partial charge on any atom is 0.257 e. The maximum absolute atomic E-state index is 11.7. The van der Waals surface area contributed by atoms with Gasteiger partial charge in [0.2, 0.25) is 0 Å². The molecular formula is C12H16N2O2. The molecule has 0 saturated heterocycles. The molecule has 0 fully saturated rings. The summed E-state index contributed by atoms with van der Waals surface area (Å²) < 4.78 is 5.49. The summed E-state index contributed by atoms with van der Waals surface area (Å²) in [6.07, 6.45) is 0. The van der Waals surface area contributed by atoms with Crippen LogP contribution in [0.3, 0.4) is 0 Å². The van der Waals surface area contributed by atoms with Gasteiger partial charge in [0, 0.05) is 6.04 Å². The number of rotatable bonds is 2. The Balaban J connectivity index is 2.48. The smallest absolute Gasteiger partial charge is 0.257 e. The molecule has 1 heterocycles. The largest absolute Gasteiger partial charge is 0.470 e. The van der Waals surface area contributed by atoms with Crippen molar-refractivity contribution in [2.75, 3.05) is 12.0 Å². The van der Waals surface area contributed by atoms with E-state index in [4.69, 9.17) is 4.74 Å². The fourth-order valence-corrected chi connectivity index (χ4v) is 1.78. The normalized spacial score (nSPS) is 14.1. The second kappa shape index (κ2) is 4.04. The number of nitrogens with one attached hydrogen (secondary N) is 2. The fraction of sp³-hybridized carbons (Fsp3) is 0.417. The lowest BCUT2D eigenvalue weighted by molar-refractivity contribution is 0.0884. The van der Waals surface area contributed by atoms with Crippen molar-refractivity contribution in [1.29, 1.82) is 0 Å². The number of fused-ring (bicyclic) bond motifs is 1. The molecule has 1 aromatic rings. The minimum atomic E-state index is -0.0724. The van der Waals surface area contributed by atoms with Gasteiger partial charge in [-0.05, 0) is 38.5 Å². The van der Waals surface area contributed by atoms with Gasteiger partial charge in [0.1, 0.15) is 0 Å². The van der Waals surface area contributed by atoms with Crippen LogP contribution in [0.2, 0.25) is 0 Å². The summed E-state index contributed by atoms with van der Waals surface area (Å²) in [5.41, 5.74) is 2.54. The van der Waals surface area contributed by atoms with Crippen LogP contribution in [0.1, 0.15) is 29.8 Å². The van der Waals surface area contributed by atoms with Crippen molar-refractivity contribution in [3.8, 4) is 5.75 Å². The van der Waals surface area contributed by atoms with Gasteiger partial charge in [-0.25, -0.2) is 0 Å². The van der Waals surface area contributed by atoms with E-state index in [-0.39, 0.29) is 12.6 Å². The first kappa shape index (κ1) is 10.8. The second-order valence-electron chi connectivity index (χ2n) is 4.28. The molecule has 0 radical (unpaired) electrons. The van der Waals surface area contributed by atoms with E-state index in [0.29, 0.717) is 17.4 Å². The highest BCUT2D eigenvalue weighted by molar-refractivity contribution is 6.00. The Morgan fingerprint density at radius 1 is 1.44 bits per heavy atom. The predicted octanol–water partition coefficient (Wildman–Crippen LogP) is 1.90. The molecule has 1 aromatic carbocycles. The molecule has 0 aliphatic carbocycles. The summed E-state index contributed by atoms with van der Waals surface area (Å²) in [7, 11) is 0. The van der Waals surface area contributed by atoms with Crippen molar-refractivity contribution < 1.29 is 9.53 Å². The monoisotopic (exact) mass is 220 g/mol. The zero-order chi connectivity index (χ0) is 11.7. The average Bonchev–Trinajstić information content (AvgIpc) is 2.18. The predicted molar refractivity (Wildman–Crippen MR) is 62.9 cm³/mol. The van der Waals surface area contributed by atoms with Gasteiger partial charge in [0.15, 0.2) is 12.5 Å². The third-order valence-corrected chi connectivity index (χ3v) is 2.37. The molecule has 0 bridgehead atoms.